The van der Waals surface area contributed by atoms with Crippen LogP contribution < -0.4 is 10.6 Å². The van der Waals surface area contributed by atoms with Crippen LogP contribution in [0.1, 0.15) is 20.3 Å². The molecular formula is C12H23N3O. The van der Waals surface area contributed by atoms with E-state index in [-0.39, 0.29) is 17.5 Å². The molecule has 1 amide bonds. The van der Waals surface area contributed by atoms with Crippen LogP contribution in [0.4, 0.5) is 0 Å². The third-order valence-corrected chi connectivity index (χ3v) is 3.22. The molecular weight excluding hydrogens is 202 g/mol. The highest BCUT2D eigenvalue weighted by atomic mass is 16.2. The van der Waals surface area contributed by atoms with Gasteiger partial charge in [0.1, 0.15) is 6.04 Å². The Hall–Kier alpha value is -0.870. The molecule has 16 heavy (non-hydrogen) atoms. The van der Waals surface area contributed by atoms with E-state index in [4.69, 9.17) is 0 Å². The number of rotatable bonds is 4. The van der Waals surface area contributed by atoms with Crippen molar-refractivity contribution in [2.45, 2.75) is 31.8 Å². The number of carbonyl (C=O) groups excluding carboxylic acids is 1. The standard InChI is InChI=1S/C12H23N3O/c1-5-8-15-10(9-13-4)11(16)14-7-6-12(15,2)3/h5,10,13H,1,6-9H2,2-4H3,(H,14,16). The summed E-state index contributed by atoms with van der Waals surface area (Å²) < 4.78 is 0. The molecule has 0 aromatic rings. The SMILES string of the molecule is C=CCN1C(CNC)C(=O)NCCC1(C)C. The Labute approximate surface area is 98.1 Å². The molecule has 4 heteroatoms. The summed E-state index contributed by atoms with van der Waals surface area (Å²) >= 11 is 0. The van der Waals surface area contributed by atoms with Crippen LogP contribution in [0, 0.1) is 0 Å². The molecule has 1 unspecified atom stereocenters. The van der Waals surface area contributed by atoms with Crippen molar-refractivity contribution in [1.82, 2.24) is 15.5 Å². The lowest BCUT2D eigenvalue weighted by molar-refractivity contribution is -0.126. The van der Waals surface area contributed by atoms with Crippen LogP contribution in [0.3, 0.4) is 0 Å². The molecule has 0 bridgehead atoms. The van der Waals surface area contributed by atoms with Gasteiger partial charge in [-0.05, 0) is 27.3 Å². The third-order valence-electron chi connectivity index (χ3n) is 3.22. The molecule has 0 aromatic heterocycles. The van der Waals surface area contributed by atoms with Gasteiger partial charge in [-0.15, -0.1) is 6.58 Å². The second-order valence-corrected chi connectivity index (χ2v) is 4.87. The van der Waals surface area contributed by atoms with Gasteiger partial charge >= 0.3 is 0 Å². The topological polar surface area (TPSA) is 44.4 Å². The Balaban J connectivity index is 2.93. The summed E-state index contributed by atoms with van der Waals surface area (Å²) in [6.07, 6.45) is 2.83. The van der Waals surface area contributed by atoms with E-state index in [1.807, 2.05) is 13.1 Å². The molecule has 4 nitrogen and oxygen atoms in total. The first-order valence-electron chi connectivity index (χ1n) is 5.83. The fraction of sp³-hybridized carbons (Fsp3) is 0.750. The number of hydrogen-bond acceptors (Lipinski definition) is 3. The van der Waals surface area contributed by atoms with Crippen molar-refractivity contribution in [3.63, 3.8) is 0 Å². The van der Waals surface area contributed by atoms with Crippen molar-refractivity contribution in [2.24, 2.45) is 0 Å². The van der Waals surface area contributed by atoms with Crippen molar-refractivity contribution in [2.75, 3.05) is 26.7 Å². The molecule has 1 rings (SSSR count). The highest BCUT2D eigenvalue weighted by Crippen LogP contribution is 2.23. The molecule has 2 N–H and O–H groups in total. The fourth-order valence-electron chi connectivity index (χ4n) is 2.23. The van der Waals surface area contributed by atoms with E-state index in [0.29, 0.717) is 6.54 Å². The minimum Gasteiger partial charge on any atom is -0.355 e. The summed E-state index contributed by atoms with van der Waals surface area (Å²) in [5.74, 6) is 0.113. The van der Waals surface area contributed by atoms with E-state index < -0.39 is 0 Å². The Kier molecular flexibility index (Phi) is 4.50. The lowest BCUT2D eigenvalue weighted by Gasteiger charge is -2.40. The maximum atomic E-state index is 12.0. The predicted octanol–water partition coefficient (Wildman–Crippen LogP) is 0.361. The molecule has 1 saturated heterocycles. The van der Waals surface area contributed by atoms with Gasteiger partial charge in [-0.25, -0.2) is 0 Å². The van der Waals surface area contributed by atoms with Crippen LogP contribution in [0.5, 0.6) is 0 Å². The summed E-state index contributed by atoms with van der Waals surface area (Å²) in [7, 11) is 1.87. The molecule has 0 radical (unpaired) electrons. The molecule has 0 aromatic carbocycles. The van der Waals surface area contributed by atoms with Gasteiger partial charge in [0.25, 0.3) is 0 Å². The van der Waals surface area contributed by atoms with Crippen LogP contribution in [0.25, 0.3) is 0 Å². The van der Waals surface area contributed by atoms with Crippen molar-refractivity contribution in [1.29, 1.82) is 0 Å². The zero-order valence-electron chi connectivity index (χ0n) is 10.5. The Bertz CT molecular complexity index is 263. The lowest BCUT2D eigenvalue weighted by atomic mass is 9.96. The van der Waals surface area contributed by atoms with Gasteiger partial charge in [-0.2, -0.15) is 0 Å². The molecule has 0 saturated carbocycles. The summed E-state index contributed by atoms with van der Waals surface area (Å²) in [5.41, 5.74) is 0.0227. The van der Waals surface area contributed by atoms with Crippen LogP contribution in [0.2, 0.25) is 0 Å². The van der Waals surface area contributed by atoms with Gasteiger partial charge in [0, 0.05) is 25.2 Å². The predicted molar refractivity (Wildman–Crippen MR) is 66.3 cm³/mol. The van der Waals surface area contributed by atoms with Crippen LogP contribution >= 0.6 is 0 Å². The van der Waals surface area contributed by atoms with Gasteiger partial charge in [-0.1, -0.05) is 6.08 Å². The molecule has 0 spiro atoms. The summed E-state index contributed by atoms with van der Waals surface area (Å²) in [6, 6.07) is -0.111. The van der Waals surface area contributed by atoms with Crippen LogP contribution in [-0.4, -0.2) is 49.1 Å². The number of hydrogen-bond donors (Lipinski definition) is 2. The first-order chi connectivity index (χ1) is 7.53. The van der Waals surface area contributed by atoms with Crippen molar-refractivity contribution in [3.05, 3.63) is 12.7 Å². The summed E-state index contributed by atoms with van der Waals surface area (Å²) in [4.78, 5) is 14.2. The highest BCUT2D eigenvalue weighted by molar-refractivity contribution is 5.82. The monoisotopic (exact) mass is 225 g/mol. The minimum atomic E-state index is -0.111. The highest BCUT2D eigenvalue weighted by Gasteiger charge is 2.37. The van der Waals surface area contributed by atoms with Gasteiger partial charge in [0.2, 0.25) is 5.91 Å². The first-order valence-corrected chi connectivity index (χ1v) is 5.83. The first kappa shape index (κ1) is 13.2. The molecule has 0 aliphatic carbocycles. The smallest absolute Gasteiger partial charge is 0.238 e. The molecule has 1 aliphatic heterocycles. The third kappa shape index (κ3) is 2.83. The Morgan fingerprint density at radius 1 is 1.69 bits per heavy atom. The fourth-order valence-corrected chi connectivity index (χ4v) is 2.23. The summed E-state index contributed by atoms with van der Waals surface area (Å²) in [6.45, 7) is 10.3. The van der Waals surface area contributed by atoms with E-state index in [0.717, 1.165) is 19.5 Å². The quantitative estimate of drug-likeness (QED) is 0.679. The van der Waals surface area contributed by atoms with E-state index in [9.17, 15) is 4.79 Å². The molecule has 1 aliphatic rings. The Morgan fingerprint density at radius 3 is 2.94 bits per heavy atom. The van der Waals surface area contributed by atoms with Crippen molar-refractivity contribution >= 4 is 5.91 Å². The average molecular weight is 225 g/mol. The zero-order chi connectivity index (χ0) is 12.2. The molecule has 92 valence electrons. The van der Waals surface area contributed by atoms with Gasteiger partial charge < -0.3 is 10.6 Å². The maximum Gasteiger partial charge on any atom is 0.238 e. The molecule has 1 heterocycles. The second-order valence-electron chi connectivity index (χ2n) is 4.87. The van der Waals surface area contributed by atoms with Crippen LogP contribution in [0.15, 0.2) is 12.7 Å². The number of nitrogens with one attached hydrogen (secondary N) is 2. The van der Waals surface area contributed by atoms with Crippen molar-refractivity contribution in [3.8, 4) is 0 Å². The number of carbonyl (C=O) groups is 1. The maximum absolute atomic E-state index is 12.0. The summed E-state index contributed by atoms with van der Waals surface area (Å²) in [5, 5.41) is 6.05. The van der Waals surface area contributed by atoms with Gasteiger partial charge in [0.05, 0.1) is 0 Å². The normalized spacial score (nSPS) is 25.9. The largest absolute Gasteiger partial charge is 0.355 e. The van der Waals surface area contributed by atoms with Crippen LogP contribution in [-0.2, 0) is 4.79 Å². The van der Waals surface area contributed by atoms with E-state index >= 15 is 0 Å². The number of amides is 1. The van der Waals surface area contributed by atoms with Gasteiger partial charge in [-0.3, -0.25) is 9.69 Å². The molecule has 1 fully saturated rings. The second kappa shape index (κ2) is 5.46. The number of nitrogens with zero attached hydrogens (tertiary/aromatic N) is 1. The van der Waals surface area contributed by atoms with E-state index in [1.165, 1.54) is 0 Å². The lowest BCUT2D eigenvalue weighted by Crippen LogP contribution is -2.55. The van der Waals surface area contributed by atoms with Gasteiger partial charge in [0.15, 0.2) is 0 Å². The number of likely N-dealkylation sites (N-methyl/N-ethyl adjacent to an activating group) is 1. The molecule has 1 atom stereocenters. The Morgan fingerprint density at radius 2 is 2.38 bits per heavy atom. The van der Waals surface area contributed by atoms with E-state index in [2.05, 4.69) is 36.0 Å². The zero-order valence-corrected chi connectivity index (χ0v) is 10.5. The average Bonchev–Trinajstić information content (AvgIpc) is 2.30. The minimum absolute atomic E-state index is 0.0227. The van der Waals surface area contributed by atoms with Crippen molar-refractivity contribution < 1.29 is 4.79 Å². The van der Waals surface area contributed by atoms with E-state index in [1.54, 1.807) is 0 Å².